The summed E-state index contributed by atoms with van der Waals surface area (Å²) in [4.78, 5) is 30.2. The van der Waals surface area contributed by atoms with E-state index in [1.165, 1.54) is 55.9 Å². The summed E-state index contributed by atoms with van der Waals surface area (Å²) in [6.45, 7) is -0.122. The predicted molar refractivity (Wildman–Crippen MR) is 136 cm³/mol. The molecular weight excluding hydrogens is 501 g/mol. The lowest BCUT2D eigenvalue weighted by molar-refractivity contribution is 0.0676. The van der Waals surface area contributed by atoms with Crippen LogP contribution in [0, 0.1) is 5.82 Å². The minimum absolute atomic E-state index is 0.0582. The number of halogens is 1. The van der Waals surface area contributed by atoms with Crippen molar-refractivity contribution in [3.63, 3.8) is 0 Å². The van der Waals surface area contributed by atoms with E-state index in [1.807, 2.05) is 0 Å². The Bertz CT molecular complexity index is 1450. The Morgan fingerprint density at radius 2 is 1.81 bits per heavy atom. The molecule has 8 nitrogen and oxygen atoms in total. The molecule has 1 unspecified atom stereocenters. The maximum absolute atomic E-state index is 14.2. The highest BCUT2D eigenvalue weighted by molar-refractivity contribution is 7.17. The number of fused-ring (bicyclic) bond motifs is 1. The van der Waals surface area contributed by atoms with E-state index in [4.69, 9.17) is 19.3 Å². The fourth-order valence-corrected chi connectivity index (χ4v) is 4.78. The van der Waals surface area contributed by atoms with Crippen LogP contribution in [0.25, 0.3) is 21.3 Å². The van der Waals surface area contributed by atoms with Crippen LogP contribution in [-0.4, -0.2) is 60.3 Å². The highest BCUT2D eigenvalue weighted by Crippen LogP contribution is 2.38. The van der Waals surface area contributed by atoms with E-state index in [-0.39, 0.29) is 36.0 Å². The first-order valence-electron chi connectivity index (χ1n) is 11.3. The second-order valence-electron chi connectivity index (χ2n) is 7.96. The Balaban J connectivity index is 1.57. The maximum atomic E-state index is 14.2. The van der Waals surface area contributed by atoms with Crippen molar-refractivity contribution < 1.29 is 38.4 Å². The number of aromatic nitrogens is 1. The van der Waals surface area contributed by atoms with E-state index in [0.29, 0.717) is 32.8 Å². The van der Waals surface area contributed by atoms with Gasteiger partial charge >= 0.3 is 0 Å². The van der Waals surface area contributed by atoms with Gasteiger partial charge in [-0.25, -0.2) is 9.37 Å². The number of hydrogen-bond acceptors (Lipinski definition) is 9. The molecule has 0 fully saturated rings. The van der Waals surface area contributed by atoms with Gasteiger partial charge in [0.1, 0.15) is 35.7 Å². The molecule has 0 saturated heterocycles. The van der Waals surface area contributed by atoms with Crippen molar-refractivity contribution in [1.29, 1.82) is 0 Å². The fraction of sp³-hybridized carbons (Fsp3) is 0.222. The Labute approximate surface area is 215 Å². The third kappa shape index (κ3) is 5.46. The molecule has 1 atom stereocenters. The van der Waals surface area contributed by atoms with Gasteiger partial charge in [-0.2, -0.15) is 0 Å². The van der Waals surface area contributed by atoms with Crippen molar-refractivity contribution in [1.82, 2.24) is 4.98 Å². The molecule has 2 heterocycles. The largest absolute Gasteiger partial charge is 0.494 e. The number of nitrogens with zero attached hydrogens (tertiary/aromatic N) is 1. The SMILES string of the molecule is COc1cc(C(=O)CC(O)C(=O)c2ccc(OC)c(-c3csc4c(F)cccc34)n2)ccc1OCCO. The van der Waals surface area contributed by atoms with Crippen molar-refractivity contribution >= 4 is 33.0 Å². The molecule has 2 aromatic carbocycles. The number of ether oxygens (including phenoxy) is 3. The smallest absolute Gasteiger partial charge is 0.210 e. The number of carbonyl (C=O) groups is 2. The molecule has 0 amide bonds. The summed E-state index contributed by atoms with van der Waals surface area (Å²) in [6, 6.07) is 12.1. The van der Waals surface area contributed by atoms with Gasteiger partial charge in [-0.3, -0.25) is 9.59 Å². The van der Waals surface area contributed by atoms with E-state index >= 15 is 0 Å². The summed E-state index contributed by atoms with van der Waals surface area (Å²) in [7, 11) is 2.87. The molecule has 0 spiro atoms. The molecule has 0 aliphatic heterocycles. The van der Waals surface area contributed by atoms with Gasteiger partial charge in [-0.1, -0.05) is 12.1 Å². The van der Waals surface area contributed by atoms with Gasteiger partial charge in [0.2, 0.25) is 5.78 Å². The summed E-state index contributed by atoms with van der Waals surface area (Å²) >= 11 is 1.21. The fourth-order valence-electron chi connectivity index (χ4n) is 3.82. The van der Waals surface area contributed by atoms with Gasteiger partial charge in [0.25, 0.3) is 0 Å². The molecule has 192 valence electrons. The molecule has 4 rings (SSSR count). The van der Waals surface area contributed by atoms with Gasteiger partial charge in [-0.05, 0) is 36.4 Å². The lowest BCUT2D eigenvalue weighted by atomic mass is 10.0. The van der Waals surface area contributed by atoms with Gasteiger partial charge < -0.3 is 24.4 Å². The van der Waals surface area contributed by atoms with Crippen LogP contribution in [0.4, 0.5) is 4.39 Å². The number of pyridine rings is 1. The highest BCUT2D eigenvalue weighted by atomic mass is 32.1. The number of hydrogen-bond donors (Lipinski definition) is 2. The third-order valence-electron chi connectivity index (χ3n) is 5.65. The molecule has 0 aliphatic rings. The van der Waals surface area contributed by atoms with E-state index in [1.54, 1.807) is 23.6 Å². The standard InChI is InChI=1S/C27H24FNO7S/c1-34-23-9-7-19(29-25(23)17-14-37-27-16(17)4-3-5-18(27)28)26(33)21(32)13-20(31)15-6-8-22(36-11-10-30)24(12-15)35-2/h3-9,12,14,21,30,32H,10-11,13H2,1-2H3. The maximum Gasteiger partial charge on any atom is 0.210 e. The number of methoxy groups -OCH3 is 2. The molecule has 0 saturated carbocycles. The lowest BCUT2D eigenvalue weighted by Gasteiger charge is -2.13. The van der Waals surface area contributed by atoms with Crippen molar-refractivity contribution in [2.45, 2.75) is 12.5 Å². The minimum atomic E-state index is -1.64. The average Bonchev–Trinajstić information content (AvgIpc) is 3.36. The van der Waals surface area contributed by atoms with E-state index in [2.05, 4.69) is 4.98 Å². The van der Waals surface area contributed by atoms with Gasteiger partial charge in [0, 0.05) is 28.3 Å². The first-order valence-corrected chi connectivity index (χ1v) is 12.1. The summed E-state index contributed by atoms with van der Waals surface area (Å²) in [5.41, 5.74) is 1.08. The number of rotatable bonds is 11. The zero-order valence-corrected chi connectivity index (χ0v) is 20.9. The topological polar surface area (TPSA) is 115 Å². The molecule has 2 N–H and O–H groups in total. The molecule has 2 aromatic heterocycles. The zero-order valence-electron chi connectivity index (χ0n) is 20.1. The monoisotopic (exact) mass is 525 g/mol. The number of aliphatic hydroxyl groups excluding tert-OH is 2. The van der Waals surface area contributed by atoms with E-state index < -0.39 is 24.1 Å². The first-order chi connectivity index (χ1) is 17.9. The van der Waals surface area contributed by atoms with Crippen molar-refractivity contribution in [2.24, 2.45) is 0 Å². The summed E-state index contributed by atoms with van der Waals surface area (Å²) in [5.74, 6) is -0.583. The van der Waals surface area contributed by atoms with Crippen LogP contribution < -0.4 is 14.2 Å². The van der Waals surface area contributed by atoms with Crippen LogP contribution in [0.5, 0.6) is 17.2 Å². The Kier molecular flexibility index (Phi) is 8.12. The summed E-state index contributed by atoms with van der Waals surface area (Å²) < 4.78 is 30.7. The molecule has 0 radical (unpaired) electrons. The normalized spacial score (nSPS) is 11.8. The van der Waals surface area contributed by atoms with Crippen molar-refractivity contribution in [3.8, 4) is 28.5 Å². The quantitative estimate of drug-likeness (QED) is 0.279. The van der Waals surface area contributed by atoms with Crippen LogP contribution in [0.15, 0.2) is 53.9 Å². The van der Waals surface area contributed by atoms with Crippen LogP contribution in [-0.2, 0) is 0 Å². The Morgan fingerprint density at radius 1 is 1.05 bits per heavy atom. The molecule has 10 heteroatoms. The number of aliphatic hydroxyl groups is 2. The Morgan fingerprint density at radius 3 is 2.54 bits per heavy atom. The number of benzene rings is 2. The van der Waals surface area contributed by atoms with Gasteiger partial charge in [0.15, 0.2) is 17.3 Å². The van der Waals surface area contributed by atoms with Gasteiger partial charge in [-0.15, -0.1) is 11.3 Å². The molecule has 0 aliphatic carbocycles. The van der Waals surface area contributed by atoms with Crippen LogP contribution in [0.3, 0.4) is 0 Å². The summed E-state index contributed by atoms with van der Waals surface area (Å²) in [5, 5.41) is 21.9. The third-order valence-corrected chi connectivity index (χ3v) is 6.66. The Hall–Kier alpha value is -3.86. The van der Waals surface area contributed by atoms with Crippen LogP contribution in [0.1, 0.15) is 27.3 Å². The van der Waals surface area contributed by atoms with Gasteiger partial charge in [0.05, 0.1) is 25.5 Å². The van der Waals surface area contributed by atoms with E-state index in [0.717, 1.165) is 0 Å². The number of thiophene rings is 1. The molecule has 4 aromatic rings. The number of Topliss-reactive ketones (excluding diaryl/α,β-unsaturated/α-hetero) is 2. The predicted octanol–water partition coefficient (Wildman–Crippen LogP) is 4.31. The molecule has 0 bridgehead atoms. The lowest BCUT2D eigenvalue weighted by Crippen LogP contribution is -2.25. The highest BCUT2D eigenvalue weighted by Gasteiger charge is 2.25. The number of carbonyl (C=O) groups excluding carboxylic acids is 2. The average molecular weight is 526 g/mol. The van der Waals surface area contributed by atoms with Crippen molar-refractivity contribution in [2.75, 3.05) is 27.4 Å². The van der Waals surface area contributed by atoms with E-state index in [9.17, 15) is 19.1 Å². The molecule has 37 heavy (non-hydrogen) atoms. The van der Waals surface area contributed by atoms with Crippen LogP contribution >= 0.6 is 11.3 Å². The zero-order chi connectivity index (χ0) is 26.5. The second kappa shape index (κ2) is 11.5. The molecular formula is C27H24FNO7S. The summed E-state index contributed by atoms with van der Waals surface area (Å²) in [6.07, 6.45) is -2.12. The first kappa shape index (κ1) is 26.2. The second-order valence-corrected chi connectivity index (χ2v) is 8.84. The minimum Gasteiger partial charge on any atom is -0.494 e. The van der Waals surface area contributed by atoms with Crippen molar-refractivity contribution in [3.05, 3.63) is 71.0 Å². The number of ketones is 2. The van der Waals surface area contributed by atoms with Crippen LogP contribution in [0.2, 0.25) is 0 Å².